The van der Waals surface area contributed by atoms with Crippen LogP contribution in [-0.2, 0) is 14.8 Å². The molecule has 2 heterocycles. The third kappa shape index (κ3) is 3.78. The molecule has 26 heavy (non-hydrogen) atoms. The number of nitrogens with one attached hydrogen (secondary N) is 1. The van der Waals surface area contributed by atoms with E-state index < -0.39 is 10.0 Å². The zero-order chi connectivity index (χ0) is 18.9. The molecule has 9 heteroatoms. The van der Waals surface area contributed by atoms with Gasteiger partial charge in [-0.15, -0.1) is 0 Å². The predicted octanol–water partition coefficient (Wildman–Crippen LogP) is 2.36. The Morgan fingerprint density at radius 2 is 2.08 bits per heavy atom. The molecule has 140 valence electrons. The van der Waals surface area contributed by atoms with Gasteiger partial charge in [0.1, 0.15) is 17.6 Å². The van der Waals surface area contributed by atoms with Crippen LogP contribution in [0.1, 0.15) is 28.0 Å². The average molecular weight is 399 g/mol. The van der Waals surface area contributed by atoms with Gasteiger partial charge in [-0.2, -0.15) is 0 Å². The summed E-state index contributed by atoms with van der Waals surface area (Å²) in [5, 5.41) is 0.196. The quantitative estimate of drug-likeness (QED) is 0.854. The van der Waals surface area contributed by atoms with Gasteiger partial charge in [0.25, 0.3) is 5.91 Å². The highest BCUT2D eigenvalue weighted by Crippen LogP contribution is 2.27. The lowest BCUT2D eigenvalue weighted by molar-refractivity contribution is -0.0324. The highest BCUT2D eigenvalue weighted by molar-refractivity contribution is 7.89. The van der Waals surface area contributed by atoms with Gasteiger partial charge in [-0.1, -0.05) is 11.6 Å². The van der Waals surface area contributed by atoms with Crippen molar-refractivity contribution < 1.29 is 22.4 Å². The monoisotopic (exact) mass is 398 g/mol. The Labute approximate surface area is 156 Å². The number of sulfonamides is 1. The van der Waals surface area contributed by atoms with Gasteiger partial charge >= 0.3 is 0 Å². The molecule has 1 fully saturated rings. The molecule has 2 aromatic rings. The maximum atomic E-state index is 12.9. The molecule has 0 unspecified atom stereocenters. The fourth-order valence-corrected chi connectivity index (χ4v) is 3.71. The third-order valence-electron chi connectivity index (χ3n) is 4.18. The van der Waals surface area contributed by atoms with E-state index in [9.17, 15) is 13.2 Å². The number of hydrogen-bond donors (Lipinski definition) is 1. The molecule has 0 aliphatic carbocycles. The molecule has 1 saturated heterocycles. The third-order valence-corrected chi connectivity index (χ3v) is 5.92. The van der Waals surface area contributed by atoms with Gasteiger partial charge in [-0.05, 0) is 44.3 Å². The first kappa shape index (κ1) is 18.9. The van der Waals surface area contributed by atoms with Crippen LogP contribution in [-0.4, -0.2) is 46.0 Å². The number of nitrogens with zero attached hydrogens (tertiary/aromatic N) is 1. The normalized spacial score (nSPS) is 18.1. The predicted molar refractivity (Wildman–Crippen MR) is 95.7 cm³/mol. The van der Waals surface area contributed by atoms with Crippen molar-refractivity contribution in [2.75, 3.05) is 26.7 Å². The molecule has 1 aromatic heterocycles. The van der Waals surface area contributed by atoms with E-state index in [0.29, 0.717) is 25.5 Å². The first-order valence-corrected chi connectivity index (χ1v) is 9.88. The second kappa shape index (κ2) is 7.40. The molecule has 3 rings (SSSR count). The largest absolute Gasteiger partial charge is 0.464 e. The number of aryl methyl sites for hydroxylation is 1. The Hall–Kier alpha value is -1.87. The average Bonchev–Trinajstić information content (AvgIpc) is 3.08. The minimum Gasteiger partial charge on any atom is -0.464 e. The zero-order valence-electron chi connectivity index (χ0n) is 14.4. The Bertz CT molecular complexity index is 925. The van der Waals surface area contributed by atoms with E-state index in [0.717, 1.165) is 5.76 Å². The summed E-state index contributed by atoms with van der Waals surface area (Å²) < 4.78 is 37.5. The number of rotatable bonds is 4. The molecule has 1 aromatic carbocycles. The van der Waals surface area contributed by atoms with Crippen LogP contribution < -0.4 is 4.72 Å². The van der Waals surface area contributed by atoms with E-state index in [-0.39, 0.29) is 27.5 Å². The molecule has 0 saturated carbocycles. The van der Waals surface area contributed by atoms with Crippen molar-refractivity contribution in [1.82, 2.24) is 9.62 Å². The van der Waals surface area contributed by atoms with Crippen molar-refractivity contribution >= 4 is 27.5 Å². The van der Waals surface area contributed by atoms with E-state index in [1.165, 1.54) is 25.2 Å². The molecular formula is C17H19ClN2O5S. The fraction of sp³-hybridized carbons (Fsp3) is 0.353. The van der Waals surface area contributed by atoms with Gasteiger partial charge in [-0.25, -0.2) is 13.1 Å². The van der Waals surface area contributed by atoms with Gasteiger partial charge in [0.2, 0.25) is 10.0 Å². The summed E-state index contributed by atoms with van der Waals surface area (Å²) in [4.78, 5) is 14.5. The number of furan rings is 1. The van der Waals surface area contributed by atoms with Crippen molar-refractivity contribution in [2.24, 2.45) is 0 Å². The number of amides is 1. The SMILES string of the molecule is CNS(=O)(=O)c1ccc(Cl)c(C(=O)N2CCO[C@@H](c3ccc(C)o3)C2)c1. The van der Waals surface area contributed by atoms with E-state index in [2.05, 4.69) is 4.72 Å². The van der Waals surface area contributed by atoms with Crippen LogP contribution in [0, 0.1) is 6.92 Å². The summed E-state index contributed by atoms with van der Waals surface area (Å²) in [6.07, 6.45) is -0.371. The lowest BCUT2D eigenvalue weighted by atomic mass is 10.1. The van der Waals surface area contributed by atoms with Crippen LogP contribution in [0.2, 0.25) is 5.02 Å². The van der Waals surface area contributed by atoms with Gasteiger partial charge < -0.3 is 14.1 Å². The number of carbonyl (C=O) groups is 1. The Balaban J connectivity index is 1.85. The molecule has 1 amide bonds. The van der Waals surface area contributed by atoms with Crippen LogP contribution in [0.15, 0.2) is 39.6 Å². The number of morpholine rings is 1. The lowest BCUT2D eigenvalue weighted by Crippen LogP contribution is -2.42. The molecule has 1 N–H and O–H groups in total. The second-order valence-electron chi connectivity index (χ2n) is 5.91. The zero-order valence-corrected chi connectivity index (χ0v) is 15.9. The molecule has 0 radical (unpaired) electrons. The lowest BCUT2D eigenvalue weighted by Gasteiger charge is -2.32. The molecule has 7 nitrogen and oxygen atoms in total. The van der Waals surface area contributed by atoms with E-state index in [4.69, 9.17) is 20.8 Å². The van der Waals surface area contributed by atoms with E-state index in [1.54, 1.807) is 4.90 Å². The number of benzene rings is 1. The Kier molecular flexibility index (Phi) is 5.38. The van der Waals surface area contributed by atoms with Crippen molar-refractivity contribution in [3.63, 3.8) is 0 Å². The number of ether oxygens (including phenoxy) is 1. The number of hydrogen-bond acceptors (Lipinski definition) is 5. The minimum absolute atomic E-state index is 0.0146. The highest BCUT2D eigenvalue weighted by Gasteiger charge is 2.29. The van der Waals surface area contributed by atoms with Gasteiger partial charge in [0, 0.05) is 6.54 Å². The van der Waals surface area contributed by atoms with Crippen LogP contribution >= 0.6 is 11.6 Å². The molecule has 1 aliphatic heterocycles. The standard InChI is InChI=1S/C17H19ClN2O5S/c1-11-3-6-15(25-11)16-10-20(7-8-24-16)17(21)13-9-12(4-5-14(13)18)26(22,23)19-2/h3-6,9,16,19H,7-8,10H2,1-2H3/t16-/m1/s1. The Morgan fingerprint density at radius 3 is 2.73 bits per heavy atom. The number of halogens is 1. The van der Waals surface area contributed by atoms with Crippen LogP contribution in [0.4, 0.5) is 0 Å². The summed E-state index contributed by atoms with van der Waals surface area (Å²) in [6, 6.07) is 7.72. The number of carbonyl (C=O) groups excluding carboxylic acids is 1. The van der Waals surface area contributed by atoms with Crippen LogP contribution in [0.25, 0.3) is 0 Å². The first-order valence-electron chi connectivity index (χ1n) is 8.02. The smallest absolute Gasteiger partial charge is 0.255 e. The summed E-state index contributed by atoms with van der Waals surface area (Å²) in [5.41, 5.74) is 0.138. The van der Waals surface area contributed by atoms with Crippen molar-refractivity contribution in [1.29, 1.82) is 0 Å². The summed E-state index contributed by atoms with van der Waals surface area (Å²) in [7, 11) is -2.36. The highest BCUT2D eigenvalue weighted by atomic mass is 35.5. The van der Waals surface area contributed by atoms with Gasteiger partial charge in [0.05, 0.1) is 28.6 Å². The van der Waals surface area contributed by atoms with E-state index >= 15 is 0 Å². The summed E-state index contributed by atoms with van der Waals surface area (Å²) >= 11 is 6.15. The molecule has 1 atom stereocenters. The second-order valence-corrected chi connectivity index (χ2v) is 8.20. The summed E-state index contributed by atoms with van der Waals surface area (Å²) in [5.74, 6) is 1.07. The molecule has 0 bridgehead atoms. The van der Waals surface area contributed by atoms with Gasteiger partial charge in [0.15, 0.2) is 0 Å². The van der Waals surface area contributed by atoms with Crippen LogP contribution in [0.3, 0.4) is 0 Å². The molecule has 1 aliphatic rings. The topological polar surface area (TPSA) is 88.9 Å². The summed E-state index contributed by atoms with van der Waals surface area (Å²) in [6.45, 7) is 2.87. The van der Waals surface area contributed by atoms with Crippen molar-refractivity contribution in [2.45, 2.75) is 17.9 Å². The van der Waals surface area contributed by atoms with E-state index in [1.807, 2.05) is 19.1 Å². The molecule has 0 spiro atoms. The maximum absolute atomic E-state index is 12.9. The van der Waals surface area contributed by atoms with Crippen molar-refractivity contribution in [3.05, 3.63) is 52.4 Å². The minimum atomic E-state index is -3.67. The fourth-order valence-electron chi connectivity index (χ4n) is 2.76. The van der Waals surface area contributed by atoms with Crippen LogP contribution in [0.5, 0.6) is 0 Å². The van der Waals surface area contributed by atoms with Crippen molar-refractivity contribution in [3.8, 4) is 0 Å². The van der Waals surface area contributed by atoms with Gasteiger partial charge in [-0.3, -0.25) is 4.79 Å². The Morgan fingerprint density at radius 1 is 1.31 bits per heavy atom. The molecular weight excluding hydrogens is 380 g/mol. The first-order chi connectivity index (χ1) is 12.3. The maximum Gasteiger partial charge on any atom is 0.255 e.